The number of aromatic nitrogens is 3. The molecule has 0 saturated heterocycles. The molecule has 2 heterocycles. The van der Waals surface area contributed by atoms with E-state index in [-0.39, 0.29) is 0 Å². The summed E-state index contributed by atoms with van der Waals surface area (Å²) in [4.78, 5) is 15.7. The van der Waals surface area contributed by atoms with Gasteiger partial charge in [-0.05, 0) is 29.8 Å². The second-order valence-corrected chi connectivity index (χ2v) is 4.57. The highest BCUT2D eigenvalue weighted by atomic mass is 32.1. The Labute approximate surface area is 124 Å². The molecule has 0 saturated carbocycles. The van der Waals surface area contributed by atoms with Crippen LogP contribution in [0.1, 0.15) is 5.56 Å². The van der Waals surface area contributed by atoms with Gasteiger partial charge in [-0.2, -0.15) is 13.8 Å². The maximum atomic E-state index is 11.8. The first-order chi connectivity index (χ1) is 10.3. The van der Waals surface area contributed by atoms with E-state index in [4.69, 9.17) is 0 Å². The summed E-state index contributed by atoms with van der Waals surface area (Å²) >= 11 is 1.10. The molecule has 2 N–H and O–H groups in total. The largest absolute Gasteiger partial charge is 0.339 e. The topological polar surface area (TPSA) is 92.2 Å². The average Bonchev–Trinajstić information content (AvgIpc) is 2.98. The van der Waals surface area contributed by atoms with E-state index in [0.29, 0.717) is 11.2 Å². The highest BCUT2D eigenvalue weighted by molar-refractivity contribution is 7.00. The molecule has 0 bridgehead atoms. The number of hydrogen-bond donors (Lipinski definition) is 2. The van der Waals surface area contributed by atoms with Gasteiger partial charge < -0.3 is 5.32 Å². The van der Waals surface area contributed by atoms with Crippen LogP contribution in [0.15, 0.2) is 47.8 Å². The number of anilines is 1. The summed E-state index contributed by atoms with van der Waals surface area (Å²) in [5, 5.41) is 6.54. The van der Waals surface area contributed by atoms with E-state index in [0.717, 1.165) is 22.8 Å². The van der Waals surface area contributed by atoms with E-state index in [2.05, 4.69) is 29.6 Å². The van der Waals surface area contributed by atoms with Crippen molar-refractivity contribution < 1.29 is 4.79 Å². The Balaban J connectivity index is 1.64. The van der Waals surface area contributed by atoms with Crippen molar-refractivity contribution in [1.29, 1.82) is 0 Å². The molecule has 0 radical (unpaired) electrons. The molecule has 3 aromatic rings. The number of carbonyl (C=O) groups excluding carboxylic acids is 1. The van der Waals surface area contributed by atoms with Crippen LogP contribution in [0.5, 0.6) is 0 Å². The third kappa shape index (κ3) is 3.18. The third-order valence-corrected chi connectivity index (χ3v) is 3.16. The van der Waals surface area contributed by atoms with Gasteiger partial charge in [0.15, 0.2) is 0 Å². The molecule has 2 aromatic heterocycles. The maximum absolute atomic E-state index is 11.8. The number of amides is 2. The zero-order valence-corrected chi connectivity index (χ0v) is 11.5. The van der Waals surface area contributed by atoms with Crippen LogP contribution >= 0.6 is 11.7 Å². The molecule has 104 valence electrons. The van der Waals surface area contributed by atoms with Crippen LogP contribution in [0.4, 0.5) is 10.5 Å². The van der Waals surface area contributed by atoms with Crippen molar-refractivity contribution in [2.24, 2.45) is 5.10 Å². The summed E-state index contributed by atoms with van der Waals surface area (Å²) in [7, 11) is 0. The van der Waals surface area contributed by atoms with Crippen LogP contribution in [0.2, 0.25) is 0 Å². The lowest BCUT2D eigenvalue weighted by Gasteiger charge is -2.04. The van der Waals surface area contributed by atoms with Gasteiger partial charge in [0.1, 0.15) is 11.0 Å². The van der Waals surface area contributed by atoms with Gasteiger partial charge >= 0.3 is 6.03 Å². The van der Waals surface area contributed by atoms with Gasteiger partial charge in [-0.1, -0.05) is 6.07 Å². The number of benzene rings is 1. The molecule has 0 aliphatic heterocycles. The summed E-state index contributed by atoms with van der Waals surface area (Å²) in [6.07, 6.45) is 4.83. The molecule has 21 heavy (non-hydrogen) atoms. The van der Waals surface area contributed by atoms with Crippen molar-refractivity contribution in [3.05, 3.63) is 48.3 Å². The molecule has 0 fully saturated rings. The summed E-state index contributed by atoms with van der Waals surface area (Å²) < 4.78 is 8.25. The van der Waals surface area contributed by atoms with Gasteiger partial charge in [-0.3, -0.25) is 4.98 Å². The normalized spacial score (nSPS) is 10.9. The van der Waals surface area contributed by atoms with Gasteiger partial charge in [0.05, 0.1) is 23.6 Å². The first-order valence-electron chi connectivity index (χ1n) is 6.04. The summed E-state index contributed by atoms with van der Waals surface area (Å²) in [6.45, 7) is 0. The van der Waals surface area contributed by atoms with Crippen molar-refractivity contribution in [2.75, 3.05) is 5.32 Å². The third-order valence-electron chi connectivity index (χ3n) is 2.62. The van der Waals surface area contributed by atoms with Crippen LogP contribution in [0.3, 0.4) is 0 Å². The summed E-state index contributed by atoms with van der Waals surface area (Å²) in [5.41, 5.74) is 5.24. The molecule has 0 atom stereocenters. The lowest BCUT2D eigenvalue weighted by molar-refractivity contribution is 0.252. The summed E-state index contributed by atoms with van der Waals surface area (Å²) in [6, 6.07) is 8.52. The van der Waals surface area contributed by atoms with Crippen LogP contribution in [-0.2, 0) is 0 Å². The van der Waals surface area contributed by atoms with Crippen molar-refractivity contribution in [3.63, 3.8) is 0 Å². The minimum Gasteiger partial charge on any atom is -0.304 e. The van der Waals surface area contributed by atoms with E-state index in [1.165, 1.54) is 6.21 Å². The minimum absolute atomic E-state index is 0.444. The molecular weight excluding hydrogens is 288 g/mol. The molecular formula is C13H10N6OS. The molecule has 0 aliphatic carbocycles. The highest BCUT2D eigenvalue weighted by Gasteiger charge is 2.07. The standard InChI is InChI=1S/C13H10N6OS/c20-13(17-15-8-9-4-6-14-7-5-9)16-10-2-1-3-11-12(10)19-21-18-11/h1-8H,(H2,16,17,20)/b15-8-. The second kappa shape index (κ2) is 6.06. The zero-order valence-electron chi connectivity index (χ0n) is 10.7. The van der Waals surface area contributed by atoms with Crippen LogP contribution < -0.4 is 10.7 Å². The number of hydrazone groups is 1. The van der Waals surface area contributed by atoms with Crippen LogP contribution in [0.25, 0.3) is 11.0 Å². The van der Waals surface area contributed by atoms with E-state index in [1.807, 2.05) is 6.07 Å². The maximum Gasteiger partial charge on any atom is 0.339 e. The molecule has 1 aromatic carbocycles. The average molecular weight is 298 g/mol. The Morgan fingerprint density at radius 3 is 2.90 bits per heavy atom. The number of carbonyl (C=O) groups is 1. The lowest BCUT2D eigenvalue weighted by atomic mass is 10.2. The first kappa shape index (κ1) is 13.1. The number of nitrogens with one attached hydrogen (secondary N) is 2. The number of pyridine rings is 1. The fourth-order valence-electron chi connectivity index (χ4n) is 1.67. The Kier molecular flexibility index (Phi) is 3.79. The van der Waals surface area contributed by atoms with E-state index in [1.54, 1.807) is 36.7 Å². The van der Waals surface area contributed by atoms with Crippen molar-refractivity contribution in [3.8, 4) is 0 Å². The fourth-order valence-corrected chi connectivity index (χ4v) is 2.22. The van der Waals surface area contributed by atoms with E-state index < -0.39 is 6.03 Å². The predicted octanol–water partition coefficient (Wildman–Crippen LogP) is 2.24. The minimum atomic E-state index is -0.444. The Morgan fingerprint density at radius 2 is 2.05 bits per heavy atom. The van der Waals surface area contributed by atoms with Gasteiger partial charge in [0.25, 0.3) is 0 Å². The molecule has 2 amide bonds. The van der Waals surface area contributed by atoms with Crippen LogP contribution in [0, 0.1) is 0 Å². The number of nitrogens with zero attached hydrogens (tertiary/aromatic N) is 4. The van der Waals surface area contributed by atoms with Crippen molar-refractivity contribution >= 4 is 40.7 Å². The smallest absolute Gasteiger partial charge is 0.304 e. The Hall–Kier alpha value is -2.87. The van der Waals surface area contributed by atoms with Crippen molar-refractivity contribution in [1.82, 2.24) is 19.2 Å². The molecule has 3 rings (SSSR count). The lowest BCUT2D eigenvalue weighted by Crippen LogP contribution is -2.24. The monoisotopic (exact) mass is 298 g/mol. The van der Waals surface area contributed by atoms with Gasteiger partial charge in [-0.15, -0.1) is 0 Å². The van der Waals surface area contributed by atoms with Gasteiger partial charge in [0.2, 0.25) is 0 Å². The van der Waals surface area contributed by atoms with Crippen LogP contribution in [-0.4, -0.2) is 26.0 Å². The first-order valence-corrected chi connectivity index (χ1v) is 6.77. The van der Waals surface area contributed by atoms with Crippen molar-refractivity contribution in [2.45, 2.75) is 0 Å². The molecule has 0 spiro atoms. The highest BCUT2D eigenvalue weighted by Crippen LogP contribution is 2.20. The predicted molar refractivity (Wildman–Crippen MR) is 81.4 cm³/mol. The zero-order chi connectivity index (χ0) is 14.5. The Morgan fingerprint density at radius 1 is 1.19 bits per heavy atom. The summed E-state index contributed by atoms with van der Waals surface area (Å²) in [5.74, 6) is 0. The number of hydrogen-bond acceptors (Lipinski definition) is 6. The second-order valence-electron chi connectivity index (χ2n) is 4.04. The number of urea groups is 1. The molecule has 7 nitrogen and oxygen atoms in total. The van der Waals surface area contributed by atoms with Gasteiger partial charge in [-0.25, -0.2) is 10.2 Å². The number of rotatable bonds is 3. The Bertz CT molecular complexity index is 785. The quantitative estimate of drug-likeness (QED) is 0.573. The molecule has 0 aliphatic rings. The van der Waals surface area contributed by atoms with Gasteiger partial charge in [0, 0.05) is 12.4 Å². The fraction of sp³-hybridized carbons (Fsp3) is 0. The number of fused-ring (bicyclic) bond motifs is 1. The molecule has 0 unspecified atom stereocenters. The van der Waals surface area contributed by atoms with E-state index >= 15 is 0 Å². The SMILES string of the molecule is O=C(N/N=C\c1ccncc1)Nc1cccc2nsnc12. The molecule has 8 heteroatoms. The van der Waals surface area contributed by atoms with E-state index in [9.17, 15) is 4.79 Å².